The SMILES string of the molecule is CNC(c1ccc(F)c(F)c1)C1(CN)COC1. The highest BCUT2D eigenvalue weighted by Crippen LogP contribution is 2.39. The third-order valence-corrected chi connectivity index (χ3v) is 3.36. The Kier molecular flexibility index (Phi) is 3.42. The molecule has 94 valence electrons. The fraction of sp³-hybridized carbons (Fsp3) is 0.500. The fourth-order valence-electron chi connectivity index (χ4n) is 2.28. The Bertz CT molecular complexity index is 402. The van der Waals surface area contributed by atoms with E-state index in [1.165, 1.54) is 6.07 Å². The highest BCUT2D eigenvalue weighted by atomic mass is 19.2. The molecule has 2 rings (SSSR count). The summed E-state index contributed by atoms with van der Waals surface area (Å²) in [6.07, 6.45) is 0. The summed E-state index contributed by atoms with van der Waals surface area (Å²) in [6.45, 7) is 1.51. The molecule has 1 unspecified atom stereocenters. The number of benzene rings is 1. The smallest absolute Gasteiger partial charge is 0.159 e. The van der Waals surface area contributed by atoms with Crippen LogP contribution in [0.15, 0.2) is 18.2 Å². The first kappa shape index (κ1) is 12.4. The van der Waals surface area contributed by atoms with Crippen molar-refractivity contribution < 1.29 is 13.5 Å². The van der Waals surface area contributed by atoms with E-state index in [2.05, 4.69) is 5.32 Å². The van der Waals surface area contributed by atoms with Crippen molar-refractivity contribution in [3.05, 3.63) is 35.4 Å². The average Bonchev–Trinajstić information content (AvgIpc) is 2.27. The molecule has 0 radical (unpaired) electrons. The van der Waals surface area contributed by atoms with Gasteiger partial charge < -0.3 is 15.8 Å². The second kappa shape index (κ2) is 4.68. The van der Waals surface area contributed by atoms with E-state index >= 15 is 0 Å². The summed E-state index contributed by atoms with van der Waals surface area (Å²) in [4.78, 5) is 0. The van der Waals surface area contributed by atoms with Crippen molar-refractivity contribution in [1.82, 2.24) is 5.32 Å². The third-order valence-electron chi connectivity index (χ3n) is 3.36. The van der Waals surface area contributed by atoms with E-state index in [0.29, 0.717) is 25.3 Å². The van der Waals surface area contributed by atoms with Gasteiger partial charge in [0.15, 0.2) is 11.6 Å². The molecular weight excluding hydrogens is 226 g/mol. The van der Waals surface area contributed by atoms with E-state index in [-0.39, 0.29) is 11.5 Å². The van der Waals surface area contributed by atoms with Crippen molar-refractivity contribution in [2.45, 2.75) is 6.04 Å². The molecule has 0 bridgehead atoms. The summed E-state index contributed by atoms with van der Waals surface area (Å²) >= 11 is 0. The van der Waals surface area contributed by atoms with Crippen LogP contribution >= 0.6 is 0 Å². The highest BCUT2D eigenvalue weighted by Gasteiger charge is 2.44. The van der Waals surface area contributed by atoms with Gasteiger partial charge in [0, 0.05) is 18.0 Å². The molecule has 0 amide bonds. The standard InChI is InChI=1S/C12H16F2N2O/c1-16-11(12(5-15)6-17-7-12)8-2-3-9(13)10(14)4-8/h2-4,11,16H,5-7,15H2,1H3. The van der Waals surface area contributed by atoms with Crippen LogP contribution in [0.5, 0.6) is 0 Å². The number of ether oxygens (including phenoxy) is 1. The van der Waals surface area contributed by atoms with Crippen LogP contribution in [0, 0.1) is 17.0 Å². The summed E-state index contributed by atoms with van der Waals surface area (Å²) in [6, 6.07) is 3.80. The minimum Gasteiger partial charge on any atom is -0.380 e. The largest absolute Gasteiger partial charge is 0.380 e. The molecule has 3 N–H and O–H groups in total. The predicted octanol–water partition coefficient (Wildman–Crippen LogP) is 1.20. The lowest BCUT2D eigenvalue weighted by Crippen LogP contribution is -2.55. The van der Waals surface area contributed by atoms with Gasteiger partial charge in [-0.25, -0.2) is 8.78 Å². The van der Waals surface area contributed by atoms with Gasteiger partial charge in [0.25, 0.3) is 0 Å². The average molecular weight is 242 g/mol. The van der Waals surface area contributed by atoms with Crippen molar-refractivity contribution in [2.24, 2.45) is 11.1 Å². The molecule has 1 aromatic rings. The van der Waals surface area contributed by atoms with Crippen molar-refractivity contribution in [3.8, 4) is 0 Å². The number of nitrogens with two attached hydrogens (primary N) is 1. The third kappa shape index (κ3) is 2.06. The highest BCUT2D eigenvalue weighted by molar-refractivity contribution is 5.24. The predicted molar refractivity (Wildman–Crippen MR) is 60.5 cm³/mol. The van der Waals surface area contributed by atoms with E-state index in [1.807, 2.05) is 0 Å². The molecule has 1 aliphatic rings. The second-order valence-electron chi connectivity index (χ2n) is 4.45. The Morgan fingerprint density at radius 3 is 2.53 bits per heavy atom. The number of halogens is 2. The van der Waals surface area contributed by atoms with Gasteiger partial charge in [-0.05, 0) is 24.7 Å². The number of hydrogen-bond donors (Lipinski definition) is 2. The quantitative estimate of drug-likeness (QED) is 0.834. The summed E-state index contributed by atoms with van der Waals surface area (Å²) in [5.41, 5.74) is 6.23. The Morgan fingerprint density at radius 1 is 1.41 bits per heavy atom. The molecule has 1 fully saturated rings. The van der Waals surface area contributed by atoms with Gasteiger partial charge in [0.05, 0.1) is 13.2 Å². The van der Waals surface area contributed by atoms with E-state index in [4.69, 9.17) is 10.5 Å². The topological polar surface area (TPSA) is 47.3 Å². The Labute approximate surface area is 98.9 Å². The normalized spacial score (nSPS) is 19.8. The van der Waals surface area contributed by atoms with Crippen LogP contribution in [0.4, 0.5) is 8.78 Å². The van der Waals surface area contributed by atoms with Gasteiger partial charge in [-0.2, -0.15) is 0 Å². The van der Waals surface area contributed by atoms with E-state index in [9.17, 15) is 8.78 Å². The fourth-order valence-corrected chi connectivity index (χ4v) is 2.28. The van der Waals surface area contributed by atoms with Gasteiger partial charge in [-0.1, -0.05) is 6.07 Å². The van der Waals surface area contributed by atoms with Gasteiger partial charge >= 0.3 is 0 Å². The second-order valence-corrected chi connectivity index (χ2v) is 4.45. The Balaban J connectivity index is 2.31. The van der Waals surface area contributed by atoms with Crippen LogP contribution in [0.1, 0.15) is 11.6 Å². The summed E-state index contributed by atoms with van der Waals surface area (Å²) < 4.78 is 31.3. The zero-order valence-corrected chi connectivity index (χ0v) is 9.67. The zero-order chi connectivity index (χ0) is 12.5. The van der Waals surface area contributed by atoms with Crippen LogP contribution in [-0.4, -0.2) is 26.8 Å². The molecule has 1 heterocycles. The molecule has 1 aliphatic heterocycles. The molecule has 0 aromatic heterocycles. The molecule has 17 heavy (non-hydrogen) atoms. The van der Waals surface area contributed by atoms with Gasteiger partial charge in [-0.15, -0.1) is 0 Å². The van der Waals surface area contributed by atoms with E-state index < -0.39 is 11.6 Å². The van der Waals surface area contributed by atoms with Gasteiger partial charge in [0.2, 0.25) is 0 Å². The van der Waals surface area contributed by atoms with Gasteiger partial charge in [0.1, 0.15) is 0 Å². The molecule has 5 heteroatoms. The molecule has 1 saturated heterocycles. The minimum absolute atomic E-state index is 0.128. The molecule has 1 atom stereocenters. The van der Waals surface area contributed by atoms with Crippen molar-refractivity contribution in [2.75, 3.05) is 26.8 Å². The summed E-state index contributed by atoms with van der Waals surface area (Å²) in [5.74, 6) is -1.68. The number of rotatable bonds is 4. The Morgan fingerprint density at radius 2 is 2.12 bits per heavy atom. The molecule has 0 saturated carbocycles. The van der Waals surface area contributed by atoms with Crippen molar-refractivity contribution >= 4 is 0 Å². The maximum atomic E-state index is 13.2. The Hall–Kier alpha value is -1.04. The number of hydrogen-bond acceptors (Lipinski definition) is 3. The first-order valence-electron chi connectivity index (χ1n) is 5.53. The number of nitrogens with one attached hydrogen (secondary N) is 1. The molecule has 0 spiro atoms. The van der Waals surface area contributed by atoms with Crippen molar-refractivity contribution in [1.29, 1.82) is 0 Å². The maximum Gasteiger partial charge on any atom is 0.159 e. The van der Waals surface area contributed by atoms with E-state index in [0.717, 1.165) is 6.07 Å². The lowest BCUT2D eigenvalue weighted by Gasteiger charge is -2.46. The minimum atomic E-state index is -0.838. The van der Waals surface area contributed by atoms with Crippen LogP contribution in [0.25, 0.3) is 0 Å². The summed E-state index contributed by atoms with van der Waals surface area (Å²) in [7, 11) is 1.78. The molecule has 1 aromatic carbocycles. The molecule has 0 aliphatic carbocycles. The van der Waals surface area contributed by atoms with Crippen LogP contribution in [0.3, 0.4) is 0 Å². The first-order chi connectivity index (χ1) is 8.13. The first-order valence-corrected chi connectivity index (χ1v) is 5.53. The van der Waals surface area contributed by atoms with E-state index in [1.54, 1.807) is 13.1 Å². The van der Waals surface area contributed by atoms with Crippen LogP contribution in [-0.2, 0) is 4.74 Å². The molecule has 3 nitrogen and oxygen atoms in total. The maximum absolute atomic E-state index is 13.2. The van der Waals surface area contributed by atoms with Crippen LogP contribution < -0.4 is 11.1 Å². The lowest BCUT2D eigenvalue weighted by atomic mass is 9.75. The lowest BCUT2D eigenvalue weighted by molar-refractivity contribution is -0.126. The van der Waals surface area contributed by atoms with Crippen molar-refractivity contribution in [3.63, 3.8) is 0 Å². The summed E-state index contributed by atoms with van der Waals surface area (Å²) in [5, 5.41) is 3.11. The van der Waals surface area contributed by atoms with Crippen LogP contribution in [0.2, 0.25) is 0 Å². The zero-order valence-electron chi connectivity index (χ0n) is 9.67. The van der Waals surface area contributed by atoms with Gasteiger partial charge in [-0.3, -0.25) is 0 Å². The monoisotopic (exact) mass is 242 g/mol. The molecular formula is C12H16F2N2O.